The van der Waals surface area contributed by atoms with Gasteiger partial charge in [-0.25, -0.2) is 9.97 Å². The summed E-state index contributed by atoms with van der Waals surface area (Å²) in [5.41, 5.74) is 5.71. The minimum absolute atomic E-state index is 0.0312. The monoisotopic (exact) mass is 474 g/mol. The second-order valence-electron chi connectivity index (χ2n) is 9.66. The zero-order valence-corrected chi connectivity index (χ0v) is 19.9. The van der Waals surface area contributed by atoms with Crippen LogP contribution in [0.3, 0.4) is 0 Å². The number of carbonyl (C=O) groups excluding carboxylic acids is 1. The van der Waals surface area contributed by atoms with Gasteiger partial charge in [0.15, 0.2) is 0 Å². The highest BCUT2D eigenvalue weighted by Crippen LogP contribution is 2.36. The van der Waals surface area contributed by atoms with Crippen LogP contribution in [0.5, 0.6) is 0 Å². The normalized spacial score (nSPS) is 26.6. The van der Waals surface area contributed by atoms with Crippen molar-refractivity contribution >= 4 is 33.7 Å². The summed E-state index contributed by atoms with van der Waals surface area (Å²) >= 11 is 0. The molecule has 1 aliphatic heterocycles. The molecule has 4 aromatic rings. The molecule has 2 aromatic heterocycles. The van der Waals surface area contributed by atoms with Gasteiger partial charge in [-0.15, -0.1) is 0 Å². The van der Waals surface area contributed by atoms with Crippen molar-refractivity contribution in [1.82, 2.24) is 25.3 Å². The van der Waals surface area contributed by atoms with Gasteiger partial charge < -0.3 is 30.1 Å². The first-order chi connectivity index (χ1) is 17.1. The third-order valence-electron chi connectivity index (χ3n) is 7.62. The van der Waals surface area contributed by atoms with E-state index >= 15 is 0 Å². The molecule has 2 aromatic carbocycles. The Kier molecular flexibility index (Phi) is 5.66. The number of methoxy groups -OCH3 is 2. The number of H-pyrrole nitrogens is 2. The number of amides is 1. The molecule has 6 rings (SSSR count). The quantitative estimate of drug-likeness (QED) is 0.340. The minimum Gasteiger partial charge on any atom is -0.384 e. The number of hydrogen-bond acceptors (Lipinski definition) is 6. The van der Waals surface area contributed by atoms with E-state index in [1.807, 2.05) is 30.3 Å². The molecule has 3 heterocycles. The van der Waals surface area contributed by atoms with Crippen LogP contribution in [0.1, 0.15) is 19.3 Å². The maximum absolute atomic E-state index is 12.8. The first-order valence-corrected chi connectivity index (χ1v) is 12.1. The van der Waals surface area contributed by atoms with Crippen molar-refractivity contribution in [2.45, 2.75) is 37.5 Å². The van der Waals surface area contributed by atoms with Crippen molar-refractivity contribution in [2.75, 3.05) is 26.1 Å². The van der Waals surface area contributed by atoms with Gasteiger partial charge in [0.1, 0.15) is 5.82 Å². The summed E-state index contributed by atoms with van der Waals surface area (Å²) in [5, 5.41) is 6.71. The van der Waals surface area contributed by atoms with Crippen molar-refractivity contribution in [3.05, 3.63) is 42.7 Å². The Morgan fingerprint density at radius 2 is 1.83 bits per heavy atom. The van der Waals surface area contributed by atoms with Gasteiger partial charge in [0, 0.05) is 38.1 Å². The number of carbonyl (C=O) groups is 1. The van der Waals surface area contributed by atoms with Gasteiger partial charge in [0.05, 0.1) is 46.5 Å². The number of hydrogen-bond donors (Lipinski definition) is 4. The molecular formula is C26H30N6O3. The fourth-order valence-corrected chi connectivity index (χ4v) is 5.67. The van der Waals surface area contributed by atoms with Crippen LogP contribution in [0, 0.1) is 11.8 Å². The van der Waals surface area contributed by atoms with Crippen molar-refractivity contribution in [2.24, 2.45) is 11.8 Å². The van der Waals surface area contributed by atoms with E-state index in [0.29, 0.717) is 12.5 Å². The molecule has 9 heteroatoms. The van der Waals surface area contributed by atoms with Gasteiger partial charge in [-0.3, -0.25) is 4.79 Å². The van der Waals surface area contributed by atoms with E-state index in [1.165, 1.54) is 0 Å². The number of fused-ring (bicyclic) bond motifs is 3. The number of aromatic nitrogens is 4. The number of imidazole rings is 2. The first-order valence-electron chi connectivity index (χ1n) is 12.1. The molecule has 1 amide bonds. The number of anilines is 1. The van der Waals surface area contributed by atoms with Gasteiger partial charge in [-0.05, 0) is 61.6 Å². The molecule has 2 aliphatic rings. The van der Waals surface area contributed by atoms with Crippen LogP contribution in [-0.4, -0.2) is 64.9 Å². The van der Waals surface area contributed by atoms with E-state index in [9.17, 15) is 4.79 Å². The zero-order chi connectivity index (χ0) is 23.9. The molecule has 5 unspecified atom stereocenters. The molecular weight excluding hydrogens is 444 g/mol. The van der Waals surface area contributed by atoms with E-state index < -0.39 is 0 Å². The van der Waals surface area contributed by atoms with Gasteiger partial charge in [-0.1, -0.05) is 0 Å². The van der Waals surface area contributed by atoms with E-state index in [-0.39, 0.29) is 30.1 Å². The van der Waals surface area contributed by atoms with Crippen LogP contribution in [0.4, 0.5) is 5.69 Å². The predicted octanol–water partition coefficient (Wildman–Crippen LogP) is 3.46. The van der Waals surface area contributed by atoms with Gasteiger partial charge in [0.2, 0.25) is 5.91 Å². The fraction of sp³-hybridized carbons (Fsp3) is 0.423. The highest BCUT2D eigenvalue weighted by Gasteiger charge is 2.43. The lowest BCUT2D eigenvalue weighted by Crippen LogP contribution is -2.57. The molecule has 1 saturated heterocycles. The summed E-state index contributed by atoms with van der Waals surface area (Å²) in [7, 11) is 3.45. The number of nitrogens with one attached hydrogen (secondary N) is 4. The SMILES string of the molecule is COC1CC2CC(CNc3ccc4nc(-c5ccc6nc[nH]c6c5)[nH]c4c3)C(=O)NC2CC1OC. The van der Waals surface area contributed by atoms with Crippen LogP contribution in [0.2, 0.25) is 0 Å². The lowest BCUT2D eigenvalue weighted by molar-refractivity contribution is -0.134. The number of ether oxygens (including phenoxy) is 2. The van der Waals surface area contributed by atoms with Crippen LogP contribution in [0.15, 0.2) is 42.7 Å². The Bertz CT molecular complexity index is 1360. The highest BCUT2D eigenvalue weighted by molar-refractivity contribution is 5.85. The lowest BCUT2D eigenvalue weighted by Gasteiger charge is -2.44. The molecule has 9 nitrogen and oxygen atoms in total. The van der Waals surface area contributed by atoms with Crippen molar-refractivity contribution in [1.29, 1.82) is 0 Å². The number of nitrogens with zero attached hydrogens (tertiary/aromatic N) is 2. The molecule has 1 saturated carbocycles. The highest BCUT2D eigenvalue weighted by atomic mass is 16.5. The molecule has 1 aliphatic carbocycles. The standard InChI is InChI=1S/C26H30N6O3/c1-34-23-9-15-7-16(26(33)32-20(15)11-24(23)35-2)12-27-17-4-6-19-22(10-17)31-25(30-19)14-3-5-18-21(8-14)29-13-28-18/h3-6,8,10,13,15-16,20,23-24,27H,7,9,11-12H2,1-2H3,(H,28,29)(H,30,31)(H,32,33). The van der Waals surface area contributed by atoms with Crippen LogP contribution >= 0.6 is 0 Å². The number of rotatable bonds is 6. The second-order valence-corrected chi connectivity index (χ2v) is 9.66. The third kappa shape index (κ3) is 4.15. The number of benzene rings is 2. The third-order valence-corrected chi connectivity index (χ3v) is 7.62. The Morgan fingerprint density at radius 1 is 1.00 bits per heavy atom. The first kappa shape index (κ1) is 22.1. The largest absolute Gasteiger partial charge is 0.384 e. The molecule has 182 valence electrons. The van der Waals surface area contributed by atoms with Crippen LogP contribution in [-0.2, 0) is 14.3 Å². The minimum atomic E-state index is -0.0815. The van der Waals surface area contributed by atoms with E-state index in [2.05, 4.69) is 31.7 Å². The molecule has 2 fully saturated rings. The summed E-state index contributed by atoms with van der Waals surface area (Å²) in [6, 6.07) is 12.3. The molecule has 5 atom stereocenters. The van der Waals surface area contributed by atoms with Crippen LogP contribution < -0.4 is 10.6 Å². The van der Waals surface area contributed by atoms with Gasteiger partial charge in [-0.2, -0.15) is 0 Å². The Balaban J connectivity index is 1.14. The summed E-state index contributed by atoms with van der Waals surface area (Å²) in [6.45, 7) is 0.587. The molecule has 35 heavy (non-hydrogen) atoms. The summed E-state index contributed by atoms with van der Waals surface area (Å²) in [4.78, 5) is 28.4. The van der Waals surface area contributed by atoms with E-state index in [1.54, 1.807) is 20.5 Å². The Hall–Kier alpha value is -3.43. The second kappa shape index (κ2) is 8.98. The van der Waals surface area contributed by atoms with Gasteiger partial charge >= 0.3 is 0 Å². The Labute approximate surface area is 203 Å². The molecule has 0 spiro atoms. The zero-order valence-electron chi connectivity index (χ0n) is 19.9. The lowest BCUT2D eigenvalue weighted by atomic mass is 9.73. The topological polar surface area (TPSA) is 117 Å². The number of aromatic amines is 2. The fourth-order valence-electron chi connectivity index (χ4n) is 5.67. The summed E-state index contributed by atoms with van der Waals surface area (Å²) < 4.78 is 11.2. The van der Waals surface area contributed by atoms with Crippen molar-refractivity contribution in [3.63, 3.8) is 0 Å². The van der Waals surface area contributed by atoms with Crippen LogP contribution in [0.25, 0.3) is 33.5 Å². The average Bonchev–Trinajstić information content (AvgIpc) is 3.52. The van der Waals surface area contributed by atoms with Gasteiger partial charge in [0.25, 0.3) is 0 Å². The summed E-state index contributed by atoms with van der Waals surface area (Å²) in [5.74, 6) is 1.25. The predicted molar refractivity (Wildman–Crippen MR) is 134 cm³/mol. The summed E-state index contributed by atoms with van der Waals surface area (Å²) in [6.07, 6.45) is 4.37. The molecule has 0 radical (unpaired) electrons. The Morgan fingerprint density at radius 3 is 2.69 bits per heavy atom. The van der Waals surface area contributed by atoms with E-state index in [0.717, 1.165) is 58.4 Å². The maximum Gasteiger partial charge on any atom is 0.225 e. The van der Waals surface area contributed by atoms with Crippen molar-refractivity contribution in [3.8, 4) is 11.4 Å². The molecule has 0 bridgehead atoms. The molecule has 4 N–H and O–H groups in total. The van der Waals surface area contributed by atoms with Crippen molar-refractivity contribution < 1.29 is 14.3 Å². The maximum atomic E-state index is 12.8. The number of piperidine rings is 1. The smallest absolute Gasteiger partial charge is 0.225 e. The average molecular weight is 475 g/mol. The van der Waals surface area contributed by atoms with E-state index in [4.69, 9.17) is 14.5 Å².